The van der Waals surface area contributed by atoms with Gasteiger partial charge in [-0.25, -0.2) is 0 Å². The zero-order chi connectivity index (χ0) is 18.7. The summed E-state index contributed by atoms with van der Waals surface area (Å²) < 4.78 is 15.9. The van der Waals surface area contributed by atoms with Crippen molar-refractivity contribution in [3.8, 4) is 0 Å². The Hall–Kier alpha value is -1.52. The van der Waals surface area contributed by atoms with Crippen LogP contribution in [0.15, 0.2) is 0 Å². The molecule has 24 heavy (non-hydrogen) atoms. The number of carbonyl (C=O) groups is 4. The summed E-state index contributed by atoms with van der Waals surface area (Å²) in [5.41, 5.74) is -1.94. The Labute approximate surface area is 147 Å². The number of alkyl halides is 1. The first-order valence-corrected chi connectivity index (χ1v) is 8.02. The molecule has 0 aliphatic carbocycles. The molecule has 0 aromatic carbocycles. The van der Waals surface area contributed by atoms with Gasteiger partial charge < -0.3 is 24.6 Å². The molecular formula is C14H20BrNO8. The average molecular weight is 410 g/mol. The molecule has 10 heteroatoms. The first kappa shape index (κ1) is 20.5. The predicted molar refractivity (Wildman–Crippen MR) is 83.0 cm³/mol. The van der Waals surface area contributed by atoms with Crippen molar-refractivity contribution in [1.82, 2.24) is 5.32 Å². The van der Waals surface area contributed by atoms with Crippen molar-refractivity contribution in [3.63, 3.8) is 0 Å². The number of ketones is 1. The molecular weight excluding hydrogens is 390 g/mol. The van der Waals surface area contributed by atoms with Gasteiger partial charge in [-0.3, -0.25) is 19.2 Å². The van der Waals surface area contributed by atoms with Crippen LogP contribution >= 0.6 is 15.9 Å². The number of Topliss-reactive ketones (excluding diaryl/α,β-unsaturated/α-hetero) is 1. The van der Waals surface area contributed by atoms with Crippen LogP contribution in [0.5, 0.6) is 0 Å². The summed E-state index contributed by atoms with van der Waals surface area (Å²) in [6, 6.07) is -0.949. The highest BCUT2D eigenvalue weighted by molar-refractivity contribution is 9.09. The Kier molecular flexibility index (Phi) is 6.87. The predicted octanol–water partition coefficient (Wildman–Crippen LogP) is -0.574. The molecule has 136 valence electrons. The number of amides is 1. The van der Waals surface area contributed by atoms with Gasteiger partial charge in [0.05, 0.1) is 6.61 Å². The summed E-state index contributed by atoms with van der Waals surface area (Å²) in [4.78, 5) is 46.5. The number of hydrogen-bond acceptors (Lipinski definition) is 8. The van der Waals surface area contributed by atoms with Crippen LogP contribution in [0.1, 0.15) is 27.7 Å². The second kappa shape index (κ2) is 8.04. The molecule has 0 unspecified atom stereocenters. The molecule has 9 nitrogen and oxygen atoms in total. The highest BCUT2D eigenvalue weighted by Gasteiger charge is 2.60. The molecule has 0 spiro atoms. The van der Waals surface area contributed by atoms with Crippen LogP contribution in [-0.4, -0.2) is 64.2 Å². The molecule has 1 saturated heterocycles. The number of hydrogen-bond donors (Lipinski definition) is 2. The summed E-state index contributed by atoms with van der Waals surface area (Å²) in [7, 11) is 0. The lowest BCUT2D eigenvalue weighted by molar-refractivity contribution is -0.239. The maximum absolute atomic E-state index is 12.1. The molecule has 1 aliphatic rings. The number of aliphatic hydroxyl groups excluding tert-OH is 1. The number of carbonyl (C=O) groups excluding carboxylic acids is 4. The normalized spacial score (nSPS) is 32.6. The summed E-state index contributed by atoms with van der Waals surface area (Å²) in [6.45, 7) is 3.80. The number of ether oxygens (including phenoxy) is 3. The van der Waals surface area contributed by atoms with E-state index in [0.717, 1.165) is 20.8 Å². The van der Waals surface area contributed by atoms with Gasteiger partial charge in [0.2, 0.25) is 5.91 Å². The van der Waals surface area contributed by atoms with Gasteiger partial charge in [-0.2, -0.15) is 0 Å². The Balaban J connectivity index is 3.42. The minimum absolute atomic E-state index is 0.453. The largest absolute Gasteiger partial charge is 0.456 e. The van der Waals surface area contributed by atoms with E-state index >= 15 is 0 Å². The lowest BCUT2D eigenvalue weighted by Gasteiger charge is -2.48. The maximum Gasteiger partial charge on any atom is 0.303 e. The van der Waals surface area contributed by atoms with Gasteiger partial charge in [0.25, 0.3) is 0 Å². The van der Waals surface area contributed by atoms with Crippen molar-refractivity contribution >= 4 is 39.6 Å². The van der Waals surface area contributed by atoms with Gasteiger partial charge in [-0.1, -0.05) is 15.9 Å². The molecule has 1 amide bonds. The second-order valence-corrected chi connectivity index (χ2v) is 6.31. The van der Waals surface area contributed by atoms with Crippen LogP contribution in [-0.2, 0) is 33.4 Å². The minimum atomic E-state index is -1.94. The molecule has 0 aromatic rings. The molecule has 0 aromatic heterocycles. The Morgan fingerprint density at radius 2 is 1.67 bits per heavy atom. The van der Waals surface area contributed by atoms with Gasteiger partial charge in [0.1, 0.15) is 11.1 Å². The first-order valence-electron chi connectivity index (χ1n) is 7.10. The molecule has 0 bridgehead atoms. The van der Waals surface area contributed by atoms with Crippen LogP contribution in [0.2, 0.25) is 0 Å². The fraction of sp³-hybridized carbons (Fsp3) is 0.714. The van der Waals surface area contributed by atoms with Crippen LogP contribution < -0.4 is 5.32 Å². The summed E-state index contributed by atoms with van der Waals surface area (Å²) in [5.74, 6) is -2.57. The van der Waals surface area contributed by atoms with Crippen molar-refractivity contribution < 1.29 is 38.5 Å². The number of nitrogens with one attached hydrogen (secondary N) is 1. The molecule has 1 heterocycles. The van der Waals surface area contributed by atoms with E-state index in [2.05, 4.69) is 21.2 Å². The summed E-state index contributed by atoms with van der Waals surface area (Å²) >= 11 is 3.16. The van der Waals surface area contributed by atoms with Crippen LogP contribution in [0.25, 0.3) is 0 Å². The lowest BCUT2D eigenvalue weighted by atomic mass is 9.83. The van der Waals surface area contributed by atoms with E-state index in [-0.39, 0.29) is 0 Å². The van der Waals surface area contributed by atoms with Gasteiger partial charge in [0.15, 0.2) is 23.6 Å². The van der Waals surface area contributed by atoms with Crippen LogP contribution in [0, 0.1) is 0 Å². The van der Waals surface area contributed by atoms with E-state index in [1.165, 1.54) is 6.92 Å². The van der Waals surface area contributed by atoms with Crippen molar-refractivity contribution in [1.29, 1.82) is 0 Å². The van der Waals surface area contributed by atoms with Crippen molar-refractivity contribution in [2.24, 2.45) is 0 Å². The number of halogens is 1. The number of esters is 2. The highest BCUT2D eigenvalue weighted by Crippen LogP contribution is 2.37. The number of aliphatic hydroxyl groups is 1. The fourth-order valence-electron chi connectivity index (χ4n) is 2.52. The van der Waals surface area contributed by atoms with Gasteiger partial charge >= 0.3 is 11.9 Å². The Morgan fingerprint density at radius 1 is 1.12 bits per heavy atom. The van der Waals surface area contributed by atoms with Crippen molar-refractivity contribution in [3.05, 3.63) is 0 Å². The van der Waals surface area contributed by atoms with Crippen molar-refractivity contribution in [2.75, 3.05) is 6.61 Å². The standard InChI is InChI=1S/C14H20BrNO8/c1-6(18)14(5-17)12(23-9(4)21)11(22-8(3)20)10(13(15)24-14)16-7(2)19/h10-13,17H,5H2,1-4H3,(H,16,19)/t10-,11+,12-,13-,14-/m0/s1. The quantitative estimate of drug-likeness (QED) is 0.456. The third-order valence-electron chi connectivity index (χ3n) is 3.51. The zero-order valence-corrected chi connectivity index (χ0v) is 15.3. The fourth-order valence-corrected chi connectivity index (χ4v) is 3.28. The monoisotopic (exact) mass is 409 g/mol. The van der Waals surface area contributed by atoms with Gasteiger partial charge in [-0.05, 0) is 6.92 Å². The third kappa shape index (κ3) is 4.31. The minimum Gasteiger partial charge on any atom is -0.456 e. The molecule has 1 aliphatic heterocycles. The van der Waals surface area contributed by atoms with Crippen LogP contribution in [0.3, 0.4) is 0 Å². The Bertz CT molecular complexity index is 539. The van der Waals surface area contributed by atoms with Crippen molar-refractivity contribution in [2.45, 2.75) is 56.6 Å². The highest BCUT2D eigenvalue weighted by atomic mass is 79.9. The van der Waals surface area contributed by atoms with E-state index < -0.39 is 59.1 Å². The SMILES string of the molecule is CC(=O)N[C@H]1[C@@H](OC(C)=O)[C@H](OC(C)=O)[C@](CO)(C(C)=O)O[C@@H]1Br. The van der Waals surface area contributed by atoms with E-state index in [0.29, 0.717) is 0 Å². The van der Waals surface area contributed by atoms with E-state index in [4.69, 9.17) is 14.2 Å². The molecule has 5 atom stereocenters. The molecule has 2 N–H and O–H groups in total. The van der Waals surface area contributed by atoms with E-state index in [1.54, 1.807) is 0 Å². The van der Waals surface area contributed by atoms with Gasteiger partial charge in [0, 0.05) is 20.8 Å². The van der Waals surface area contributed by atoms with E-state index in [1.807, 2.05) is 0 Å². The smallest absolute Gasteiger partial charge is 0.303 e. The molecule has 0 saturated carbocycles. The summed E-state index contributed by atoms with van der Waals surface area (Å²) in [5, 5.41) is 11.3. The number of rotatable bonds is 5. The third-order valence-corrected chi connectivity index (χ3v) is 4.27. The second-order valence-electron chi connectivity index (χ2n) is 5.40. The van der Waals surface area contributed by atoms with E-state index in [9.17, 15) is 24.3 Å². The molecule has 1 fully saturated rings. The molecule has 0 radical (unpaired) electrons. The van der Waals surface area contributed by atoms with Gasteiger partial charge in [-0.15, -0.1) is 0 Å². The first-order chi connectivity index (χ1) is 11.0. The topological polar surface area (TPSA) is 128 Å². The maximum atomic E-state index is 12.1. The summed E-state index contributed by atoms with van der Waals surface area (Å²) in [6.07, 6.45) is -2.68. The lowest BCUT2D eigenvalue weighted by Crippen LogP contribution is -2.72. The van der Waals surface area contributed by atoms with Crippen LogP contribution in [0.4, 0.5) is 0 Å². The zero-order valence-electron chi connectivity index (χ0n) is 13.7. The average Bonchev–Trinajstić information content (AvgIpc) is 2.44. The Morgan fingerprint density at radius 3 is 2.04 bits per heavy atom. The molecule has 1 rings (SSSR count).